The van der Waals surface area contributed by atoms with Gasteiger partial charge in [0.25, 0.3) is 5.91 Å². The van der Waals surface area contributed by atoms with Gasteiger partial charge in [-0.15, -0.1) is 0 Å². The second kappa shape index (κ2) is 6.08. The number of benzene rings is 1. The number of amides is 1. The summed E-state index contributed by atoms with van der Waals surface area (Å²) in [6, 6.07) is 1.42. The Bertz CT molecular complexity index is 447. The van der Waals surface area contributed by atoms with Crippen molar-refractivity contribution in [2.45, 2.75) is 32.1 Å². The van der Waals surface area contributed by atoms with Crippen molar-refractivity contribution in [1.29, 1.82) is 0 Å². The maximum absolute atomic E-state index is 13.0. The molecule has 0 saturated heterocycles. The Kier molecular flexibility index (Phi) is 4.45. The van der Waals surface area contributed by atoms with Crippen LogP contribution in [0.4, 0.5) is 13.2 Å². The van der Waals surface area contributed by atoms with Crippen LogP contribution >= 0.6 is 0 Å². The maximum atomic E-state index is 13.0. The number of carbonyl (C=O) groups excluding carboxylic acids is 1. The molecule has 2 rings (SSSR count). The van der Waals surface area contributed by atoms with E-state index in [0.29, 0.717) is 24.6 Å². The lowest BCUT2D eigenvalue weighted by molar-refractivity contribution is 0.0950. The molecule has 1 aromatic carbocycles. The number of hydrogen-bond donors (Lipinski definition) is 1. The Hall–Kier alpha value is -1.52. The molecule has 1 aliphatic carbocycles. The molecule has 0 unspecified atom stereocenters. The molecule has 1 N–H and O–H groups in total. The third kappa shape index (κ3) is 3.49. The number of rotatable bonds is 4. The molecular formula is C14H16F3NO. The molecular weight excluding hydrogens is 255 g/mol. The lowest BCUT2D eigenvalue weighted by Gasteiger charge is -2.10. The maximum Gasteiger partial charge on any atom is 0.251 e. The third-order valence-corrected chi connectivity index (χ3v) is 3.56. The fraction of sp³-hybridized carbons (Fsp3) is 0.500. The lowest BCUT2D eigenvalue weighted by Crippen LogP contribution is -2.26. The Morgan fingerprint density at radius 1 is 1.16 bits per heavy atom. The molecule has 0 spiro atoms. The Balaban J connectivity index is 1.88. The highest BCUT2D eigenvalue weighted by Crippen LogP contribution is 2.26. The first-order chi connectivity index (χ1) is 9.08. The predicted octanol–water partition coefficient (Wildman–Crippen LogP) is 3.41. The van der Waals surface area contributed by atoms with Gasteiger partial charge in [-0.25, -0.2) is 13.2 Å². The minimum atomic E-state index is -1.55. The Labute approximate surface area is 110 Å². The van der Waals surface area contributed by atoms with Gasteiger partial charge in [0.15, 0.2) is 17.5 Å². The molecule has 1 amide bonds. The van der Waals surface area contributed by atoms with Gasteiger partial charge in [0, 0.05) is 12.1 Å². The molecule has 1 aromatic rings. The van der Waals surface area contributed by atoms with E-state index in [-0.39, 0.29) is 5.56 Å². The monoisotopic (exact) mass is 271 g/mol. The van der Waals surface area contributed by atoms with Crippen LogP contribution in [0.1, 0.15) is 42.5 Å². The molecule has 0 aromatic heterocycles. The highest BCUT2D eigenvalue weighted by Gasteiger charge is 2.17. The molecule has 1 fully saturated rings. The summed E-state index contributed by atoms with van der Waals surface area (Å²) >= 11 is 0. The second-order valence-corrected chi connectivity index (χ2v) is 4.95. The van der Waals surface area contributed by atoms with Crippen molar-refractivity contribution in [3.63, 3.8) is 0 Å². The van der Waals surface area contributed by atoms with Crippen LogP contribution in [0.15, 0.2) is 12.1 Å². The van der Waals surface area contributed by atoms with Crippen LogP contribution < -0.4 is 5.32 Å². The summed E-state index contributed by atoms with van der Waals surface area (Å²) in [5.74, 6) is -4.19. The topological polar surface area (TPSA) is 29.1 Å². The number of hydrogen-bond acceptors (Lipinski definition) is 1. The molecule has 1 aliphatic rings. The van der Waals surface area contributed by atoms with Crippen molar-refractivity contribution < 1.29 is 18.0 Å². The average molecular weight is 271 g/mol. The lowest BCUT2D eigenvalue weighted by atomic mass is 10.0. The minimum Gasteiger partial charge on any atom is -0.352 e. The van der Waals surface area contributed by atoms with E-state index in [0.717, 1.165) is 6.42 Å². The van der Waals surface area contributed by atoms with Gasteiger partial charge in [-0.3, -0.25) is 4.79 Å². The largest absolute Gasteiger partial charge is 0.352 e. The molecule has 0 heterocycles. The van der Waals surface area contributed by atoms with Gasteiger partial charge in [0.05, 0.1) is 0 Å². The highest BCUT2D eigenvalue weighted by molar-refractivity contribution is 5.94. The Morgan fingerprint density at radius 2 is 1.74 bits per heavy atom. The molecule has 0 atom stereocenters. The van der Waals surface area contributed by atoms with E-state index >= 15 is 0 Å². The first-order valence-corrected chi connectivity index (χ1v) is 6.50. The zero-order valence-corrected chi connectivity index (χ0v) is 10.5. The van der Waals surface area contributed by atoms with E-state index in [4.69, 9.17) is 0 Å². The van der Waals surface area contributed by atoms with Gasteiger partial charge in [-0.2, -0.15) is 0 Å². The summed E-state index contributed by atoms with van der Waals surface area (Å²) in [5, 5.41) is 2.61. The van der Waals surface area contributed by atoms with Crippen LogP contribution in [-0.2, 0) is 0 Å². The Morgan fingerprint density at radius 3 is 2.32 bits per heavy atom. The van der Waals surface area contributed by atoms with Crippen molar-refractivity contribution in [3.8, 4) is 0 Å². The zero-order chi connectivity index (χ0) is 13.8. The summed E-state index contributed by atoms with van der Waals surface area (Å²) in [4.78, 5) is 11.7. The summed E-state index contributed by atoms with van der Waals surface area (Å²) in [5.41, 5.74) is -0.192. The average Bonchev–Trinajstić information content (AvgIpc) is 2.88. The van der Waals surface area contributed by atoms with Gasteiger partial charge in [-0.05, 0) is 24.5 Å². The van der Waals surface area contributed by atoms with Crippen molar-refractivity contribution in [2.24, 2.45) is 5.92 Å². The molecule has 0 bridgehead atoms. The third-order valence-electron chi connectivity index (χ3n) is 3.56. The SMILES string of the molecule is O=C(NCCC1CCCC1)c1cc(F)c(F)c(F)c1. The van der Waals surface area contributed by atoms with E-state index in [1.54, 1.807) is 0 Å². The van der Waals surface area contributed by atoms with Crippen molar-refractivity contribution in [3.05, 3.63) is 35.1 Å². The highest BCUT2D eigenvalue weighted by atomic mass is 19.2. The van der Waals surface area contributed by atoms with Gasteiger partial charge < -0.3 is 5.32 Å². The van der Waals surface area contributed by atoms with Crippen LogP contribution in [-0.4, -0.2) is 12.5 Å². The normalized spacial score (nSPS) is 15.7. The van der Waals surface area contributed by atoms with Gasteiger partial charge in [0.2, 0.25) is 0 Å². The first kappa shape index (κ1) is 13.9. The minimum absolute atomic E-state index is 0.192. The van der Waals surface area contributed by atoms with Gasteiger partial charge in [-0.1, -0.05) is 25.7 Å². The van der Waals surface area contributed by atoms with E-state index < -0.39 is 23.4 Å². The molecule has 19 heavy (non-hydrogen) atoms. The smallest absolute Gasteiger partial charge is 0.251 e. The van der Waals surface area contributed by atoms with E-state index in [1.807, 2.05) is 0 Å². The molecule has 5 heteroatoms. The standard InChI is InChI=1S/C14H16F3NO/c15-11-7-10(8-12(16)13(11)17)14(19)18-6-5-9-3-1-2-4-9/h7-9H,1-6H2,(H,18,19). The van der Waals surface area contributed by atoms with E-state index in [1.165, 1.54) is 25.7 Å². The number of nitrogens with one attached hydrogen (secondary N) is 1. The zero-order valence-electron chi connectivity index (χ0n) is 10.5. The quantitative estimate of drug-likeness (QED) is 0.835. The molecule has 0 radical (unpaired) electrons. The first-order valence-electron chi connectivity index (χ1n) is 6.50. The number of carbonyl (C=O) groups is 1. The summed E-state index contributed by atoms with van der Waals surface area (Å²) < 4.78 is 38.7. The fourth-order valence-electron chi connectivity index (χ4n) is 2.48. The molecule has 104 valence electrons. The van der Waals surface area contributed by atoms with Crippen LogP contribution in [0.5, 0.6) is 0 Å². The summed E-state index contributed by atoms with van der Waals surface area (Å²) in [7, 11) is 0. The van der Waals surface area contributed by atoms with E-state index in [2.05, 4.69) is 5.32 Å². The molecule has 1 saturated carbocycles. The second-order valence-electron chi connectivity index (χ2n) is 4.95. The molecule has 0 aliphatic heterocycles. The van der Waals surface area contributed by atoms with Crippen LogP contribution in [0.3, 0.4) is 0 Å². The molecule has 2 nitrogen and oxygen atoms in total. The van der Waals surface area contributed by atoms with Gasteiger partial charge >= 0.3 is 0 Å². The summed E-state index contributed by atoms with van der Waals surface area (Å²) in [6.45, 7) is 0.476. The van der Waals surface area contributed by atoms with E-state index in [9.17, 15) is 18.0 Å². The van der Waals surface area contributed by atoms with Crippen LogP contribution in [0.25, 0.3) is 0 Å². The van der Waals surface area contributed by atoms with Crippen molar-refractivity contribution >= 4 is 5.91 Å². The fourth-order valence-corrected chi connectivity index (χ4v) is 2.48. The van der Waals surface area contributed by atoms with Crippen LogP contribution in [0.2, 0.25) is 0 Å². The van der Waals surface area contributed by atoms with Crippen molar-refractivity contribution in [2.75, 3.05) is 6.54 Å². The summed E-state index contributed by atoms with van der Waals surface area (Å²) in [6.07, 6.45) is 5.68. The van der Waals surface area contributed by atoms with Gasteiger partial charge in [0.1, 0.15) is 0 Å². The number of halogens is 3. The van der Waals surface area contributed by atoms with Crippen LogP contribution in [0, 0.1) is 23.4 Å². The van der Waals surface area contributed by atoms with Crippen molar-refractivity contribution in [1.82, 2.24) is 5.32 Å². The predicted molar refractivity (Wildman–Crippen MR) is 65.2 cm³/mol.